The predicted octanol–water partition coefficient (Wildman–Crippen LogP) is 1.98. The van der Waals surface area contributed by atoms with Crippen LogP contribution in [0.3, 0.4) is 0 Å². The van der Waals surface area contributed by atoms with Crippen LogP contribution in [0.15, 0.2) is 18.3 Å². The molecule has 2 aromatic rings. The second kappa shape index (κ2) is 7.98. The topological polar surface area (TPSA) is 87.0 Å². The van der Waals surface area contributed by atoms with Gasteiger partial charge in [0.1, 0.15) is 0 Å². The summed E-state index contributed by atoms with van der Waals surface area (Å²) in [5.74, 6) is 1.71. The summed E-state index contributed by atoms with van der Waals surface area (Å²) in [6, 6.07) is 3.73. The van der Waals surface area contributed by atoms with Crippen molar-refractivity contribution in [1.82, 2.24) is 20.4 Å². The van der Waals surface area contributed by atoms with Gasteiger partial charge in [0.15, 0.2) is 0 Å². The Bertz CT molecular complexity index is 787. The van der Waals surface area contributed by atoms with E-state index in [0.717, 1.165) is 72.9 Å². The molecular weight excluding hydrogens is 338 g/mol. The average molecular weight is 370 g/mol. The molecule has 1 aromatic heterocycles. The number of aryl methyl sites for hydroxylation is 1. The highest BCUT2D eigenvalue weighted by Crippen LogP contribution is 2.31. The molecule has 6 heteroatoms. The Morgan fingerprint density at radius 2 is 1.93 bits per heavy atom. The Morgan fingerprint density at radius 3 is 2.67 bits per heavy atom. The third-order valence-electron chi connectivity index (χ3n) is 6.48. The van der Waals surface area contributed by atoms with Crippen molar-refractivity contribution in [1.29, 1.82) is 0 Å². The number of nitrogens with zero attached hydrogens (tertiary/aromatic N) is 2. The van der Waals surface area contributed by atoms with Gasteiger partial charge >= 0.3 is 0 Å². The molecule has 1 aromatic carbocycles. The van der Waals surface area contributed by atoms with Crippen LogP contribution in [0.1, 0.15) is 36.8 Å². The molecule has 2 fully saturated rings. The number of hydrogen-bond donors (Lipinski definition) is 3. The SMILES string of the molecule is Cc1cc(CC(N)C(=O)N2CCC(C3CCNCC3)CC2)cc2cn[nH]c12. The zero-order valence-electron chi connectivity index (χ0n) is 16.2. The number of likely N-dealkylation sites (tertiary alicyclic amines) is 1. The van der Waals surface area contributed by atoms with E-state index in [9.17, 15) is 4.79 Å². The lowest BCUT2D eigenvalue weighted by molar-refractivity contribution is -0.134. The van der Waals surface area contributed by atoms with Crippen molar-refractivity contribution in [3.63, 3.8) is 0 Å². The molecule has 0 spiro atoms. The molecule has 4 N–H and O–H groups in total. The van der Waals surface area contributed by atoms with Crippen LogP contribution >= 0.6 is 0 Å². The molecule has 2 saturated heterocycles. The maximum absolute atomic E-state index is 12.9. The summed E-state index contributed by atoms with van der Waals surface area (Å²) < 4.78 is 0. The first-order valence-corrected chi connectivity index (χ1v) is 10.3. The van der Waals surface area contributed by atoms with Gasteiger partial charge in [-0.15, -0.1) is 0 Å². The monoisotopic (exact) mass is 369 g/mol. The molecule has 1 amide bonds. The highest BCUT2D eigenvalue weighted by molar-refractivity contribution is 5.84. The number of hydrogen-bond acceptors (Lipinski definition) is 4. The predicted molar refractivity (Wildman–Crippen MR) is 107 cm³/mol. The maximum Gasteiger partial charge on any atom is 0.239 e. The molecule has 3 heterocycles. The number of nitrogens with one attached hydrogen (secondary N) is 2. The van der Waals surface area contributed by atoms with Crippen LogP contribution in [0.2, 0.25) is 0 Å². The first-order chi connectivity index (χ1) is 13.1. The zero-order chi connectivity index (χ0) is 18.8. The van der Waals surface area contributed by atoms with E-state index in [0.29, 0.717) is 6.42 Å². The Morgan fingerprint density at radius 1 is 1.22 bits per heavy atom. The first kappa shape index (κ1) is 18.4. The maximum atomic E-state index is 12.9. The van der Waals surface area contributed by atoms with Crippen LogP contribution in [-0.2, 0) is 11.2 Å². The number of piperidine rings is 2. The fraction of sp³-hybridized carbons (Fsp3) is 0.619. The van der Waals surface area contributed by atoms with E-state index in [1.165, 1.54) is 12.8 Å². The van der Waals surface area contributed by atoms with Crippen molar-refractivity contribution >= 4 is 16.8 Å². The smallest absolute Gasteiger partial charge is 0.239 e. The van der Waals surface area contributed by atoms with Crippen molar-refractivity contribution in [2.24, 2.45) is 17.6 Å². The van der Waals surface area contributed by atoms with E-state index in [-0.39, 0.29) is 5.91 Å². The van der Waals surface area contributed by atoms with Gasteiger partial charge in [0, 0.05) is 18.5 Å². The molecule has 0 saturated carbocycles. The summed E-state index contributed by atoms with van der Waals surface area (Å²) in [6.45, 7) is 6.08. The molecule has 27 heavy (non-hydrogen) atoms. The molecule has 1 atom stereocenters. The Balaban J connectivity index is 1.33. The number of carbonyl (C=O) groups is 1. The van der Waals surface area contributed by atoms with Gasteiger partial charge in [0.05, 0.1) is 17.8 Å². The van der Waals surface area contributed by atoms with Crippen LogP contribution in [-0.4, -0.2) is 53.2 Å². The van der Waals surface area contributed by atoms with E-state index in [1.807, 2.05) is 11.1 Å². The molecule has 2 aliphatic heterocycles. The molecule has 0 aliphatic carbocycles. The second-order valence-electron chi connectivity index (χ2n) is 8.31. The first-order valence-electron chi connectivity index (χ1n) is 10.3. The van der Waals surface area contributed by atoms with E-state index in [2.05, 4.69) is 34.6 Å². The van der Waals surface area contributed by atoms with Crippen LogP contribution in [0.5, 0.6) is 0 Å². The molecule has 146 valence electrons. The third-order valence-corrected chi connectivity index (χ3v) is 6.48. The molecule has 4 rings (SSSR count). The van der Waals surface area contributed by atoms with Crippen molar-refractivity contribution in [2.45, 2.75) is 45.1 Å². The number of aromatic amines is 1. The number of benzene rings is 1. The van der Waals surface area contributed by atoms with Crippen LogP contribution in [0.4, 0.5) is 0 Å². The lowest BCUT2D eigenvalue weighted by Crippen LogP contribution is -2.49. The lowest BCUT2D eigenvalue weighted by atomic mass is 9.79. The minimum atomic E-state index is -0.468. The summed E-state index contributed by atoms with van der Waals surface area (Å²) in [5, 5.41) is 11.6. The summed E-state index contributed by atoms with van der Waals surface area (Å²) in [7, 11) is 0. The van der Waals surface area contributed by atoms with Gasteiger partial charge in [-0.1, -0.05) is 6.07 Å². The van der Waals surface area contributed by atoms with Gasteiger partial charge in [-0.25, -0.2) is 0 Å². The molecule has 1 unspecified atom stereocenters. The number of nitrogens with two attached hydrogens (primary N) is 1. The summed E-state index contributed by atoms with van der Waals surface area (Å²) in [6.07, 6.45) is 7.23. The molecule has 6 nitrogen and oxygen atoms in total. The van der Waals surface area contributed by atoms with Gasteiger partial charge in [-0.2, -0.15) is 5.10 Å². The molecule has 0 bridgehead atoms. The number of H-pyrrole nitrogens is 1. The highest BCUT2D eigenvalue weighted by Gasteiger charge is 2.30. The molecule has 0 radical (unpaired) electrons. The Hall–Kier alpha value is -1.92. The third kappa shape index (κ3) is 4.01. The van der Waals surface area contributed by atoms with E-state index >= 15 is 0 Å². The summed E-state index contributed by atoms with van der Waals surface area (Å²) in [4.78, 5) is 14.8. The average Bonchev–Trinajstić information content (AvgIpc) is 3.17. The fourth-order valence-electron chi connectivity index (χ4n) is 4.91. The molecular formula is C21H31N5O. The molecule has 2 aliphatic rings. The van der Waals surface area contributed by atoms with Crippen LogP contribution in [0, 0.1) is 18.8 Å². The van der Waals surface area contributed by atoms with Gasteiger partial charge in [-0.05, 0) is 81.1 Å². The Kier molecular flexibility index (Phi) is 5.45. The Labute approximate surface area is 160 Å². The van der Waals surface area contributed by atoms with Crippen molar-refractivity contribution < 1.29 is 4.79 Å². The van der Waals surface area contributed by atoms with Gasteiger partial charge in [-0.3, -0.25) is 9.89 Å². The highest BCUT2D eigenvalue weighted by atomic mass is 16.2. The normalized spacial score (nSPS) is 20.9. The number of aromatic nitrogens is 2. The van der Waals surface area contributed by atoms with Gasteiger partial charge in [0.25, 0.3) is 0 Å². The number of carbonyl (C=O) groups excluding carboxylic acids is 1. The van der Waals surface area contributed by atoms with Gasteiger partial charge < -0.3 is 16.0 Å². The lowest BCUT2D eigenvalue weighted by Gasteiger charge is -2.38. The van der Waals surface area contributed by atoms with E-state index in [1.54, 1.807) is 0 Å². The van der Waals surface area contributed by atoms with E-state index < -0.39 is 6.04 Å². The van der Waals surface area contributed by atoms with Crippen molar-refractivity contribution in [3.8, 4) is 0 Å². The number of amides is 1. The second-order valence-corrected chi connectivity index (χ2v) is 8.31. The quantitative estimate of drug-likeness (QED) is 0.769. The van der Waals surface area contributed by atoms with Crippen molar-refractivity contribution in [3.05, 3.63) is 29.5 Å². The number of fused-ring (bicyclic) bond motifs is 1. The largest absolute Gasteiger partial charge is 0.341 e. The fourth-order valence-corrected chi connectivity index (χ4v) is 4.91. The number of rotatable bonds is 4. The van der Waals surface area contributed by atoms with E-state index in [4.69, 9.17) is 5.73 Å². The minimum Gasteiger partial charge on any atom is -0.341 e. The van der Waals surface area contributed by atoms with Crippen molar-refractivity contribution in [2.75, 3.05) is 26.2 Å². The summed E-state index contributed by atoms with van der Waals surface area (Å²) >= 11 is 0. The minimum absolute atomic E-state index is 0.101. The van der Waals surface area contributed by atoms with Crippen LogP contribution < -0.4 is 11.1 Å². The summed E-state index contributed by atoms with van der Waals surface area (Å²) in [5.41, 5.74) is 9.60. The van der Waals surface area contributed by atoms with Crippen LogP contribution in [0.25, 0.3) is 10.9 Å². The van der Waals surface area contributed by atoms with Gasteiger partial charge in [0.2, 0.25) is 5.91 Å². The zero-order valence-corrected chi connectivity index (χ0v) is 16.2. The standard InChI is InChI=1S/C21H31N5O/c1-14-10-15(11-18-13-24-25-20(14)18)12-19(22)21(27)26-8-4-17(5-9-26)16-2-6-23-7-3-16/h10-11,13,16-17,19,23H,2-9,12,22H2,1H3,(H,24,25).